The van der Waals surface area contributed by atoms with Crippen molar-refractivity contribution in [3.63, 3.8) is 0 Å². The van der Waals surface area contributed by atoms with Gasteiger partial charge in [0.1, 0.15) is 11.2 Å². The largest absolute Gasteiger partial charge is 0.416 e. The summed E-state index contributed by atoms with van der Waals surface area (Å²) in [4.78, 5) is 9.66. The molecule has 0 saturated carbocycles. The van der Waals surface area contributed by atoms with Crippen LogP contribution in [0.5, 0.6) is 0 Å². The molecular formula is C24H15F3N6. The van der Waals surface area contributed by atoms with E-state index in [2.05, 4.69) is 10.3 Å². The predicted octanol–water partition coefficient (Wildman–Crippen LogP) is 5.39. The molecule has 0 amide bonds. The van der Waals surface area contributed by atoms with E-state index < -0.39 is 11.7 Å². The normalized spacial score (nSPS) is 12.2. The summed E-state index contributed by atoms with van der Waals surface area (Å²) in [5.74, 6) is 0. The van der Waals surface area contributed by atoms with Gasteiger partial charge in [0, 0.05) is 5.39 Å². The van der Waals surface area contributed by atoms with Gasteiger partial charge in [-0.3, -0.25) is 0 Å². The SMILES string of the molecule is FC(F)(F)c1cccc(-n2cc(Cn3c4ccccc4c4nc5ccccc5nc43)nn2)c1. The molecule has 0 saturated heterocycles. The zero-order valence-electron chi connectivity index (χ0n) is 17.0. The lowest BCUT2D eigenvalue weighted by molar-refractivity contribution is -0.137. The molecule has 9 heteroatoms. The lowest BCUT2D eigenvalue weighted by atomic mass is 10.2. The minimum Gasteiger partial charge on any atom is -0.318 e. The Bertz CT molecular complexity index is 1650. The molecule has 0 aliphatic heterocycles. The summed E-state index contributed by atoms with van der Waals surface area (Å²) in [6, 6.07) is 20.5. The van der Waals surface area contributed by atoms with Crippen LogP contribution < -0.4 is 0 Å². The Labute approximate surface area is 184 Å². The van der Waals surface area contributed by atoms with E-state index in [1.807, 2.05) is 53.1 Å². The smallest absolute Gasteiger partial charge is 0.318 e. The molecule has 6 nitrogen and oxygen atoms in total. The molecule has 0 spiro atoms. The Morgan fingerprint density at radius 2 is 1.58 bits per heavy atom. The van der Waals surface area contributed by atoms with E-state index in [0.717, 1.165) is 39.6 Å². The highest BCUT2D eigenvalue weighted by atomic mass is 19.4. The molecule has 0 N–H and O–H groups in total. The summed E-state index contributed by atoms with van der Waals surface area (Å²) in [7, 11) is 0. The van der Waals surface area contributed by atoms with Crippen molar-refractivity contribution in [3.05, 3.63) is 90.3 Å². The Kier molecular flexibility index (Phi) is 4.19. The lowest BCUT2D eigenvalue weighted by Crippen LogP contribution is -2.06. The number of alkyl halides is 3. The number of rotatable bonds is 3. The second-order valence-corrected chi connectivity index (χ2v) is 7.69. The number of nitrogens with zero attached hydrogens (tertiary/aromatic N) is 6. The number of aromatic nitrogens is 6. The van der Waals surface area contributed by atoms with Gasteiger partial charge in [0.2, 0.25) is 0 Å². The van der Waals surface area contributed by atoms with Crippen LogP contribution in [0.2, 0.25) is 0 Å². The van der Waals surface area contributed by atoms with Crippen LogP contribution in [-0.2, 0) is 12.7 Å². The third-order valence-corrected chi connectivity index (χ3v) is 5.56. The molecular weight excluding hydrogens is 429 g/mol. The number of halogens is 3. The molecule has 0 bridgehead atoms. The molecule has 162 valence electrons. The average Bonchev–Trinajstić information content (AvgIpc) is 3.41. The number of benzene rings is 3. The van der Waals surface area contributed by atoms with Gasteiger partial charge in [0.25, 0.3) is 0 Å². The average molecular weight is 444 g/mol. The van der Waals surface area contributed by atoms with Gasteiger partial charge in [0.15, 0.2) is 5.65 Å². The lowest BCUT2D eigenvalue weighted by Gasteiger charge is -2.08. The Morgan fingerprint density at radius 3 is 2.39 bits per heavy atom. The zero-order chi connectivity index (χ0) is 22.6. The van der Waals surface area contributed by atoms with E-state index in [0.29, 0.717) is 17.9 Å². The van der Waals surface area contributed by atoms with Gasteiger partial charge < -0.3 is 4.57 Å². The summed E-state index contributed by atoms with van der Waals surface area (Å²) in [6.45, 7) is 0.343. The highest BCUT2D eigenvalue weighted by Gasteiger charge is 2.30. The van der Waals surface area contributed by atoms with Gasteiger partial charge in [-0.2, -0.15) is 13.2 Å². The van der Waals surface area contributed by atoms with Crippen LogP contribution in [0.4, 0.5) is 13.2 Å². The first kappa shape index (κ1) is 19.4. The van der Waals surface area contributed by atoms with Crippen molar-refractivity contribution in [2.24, 2.45) is 0 Å². The molecule has 0 unspecified atom stereocenters. The first-order chi connectivity index (χ1) is 16.0. The van der Waals surface area contributed by atoms with E-state index in [1.165, 1.54) is 10.7 Å². The summed E-state index contributed by atoms with van der Waals surface area (Å²) < 4.78 is 42.6. The standard InChI is InChI=1S/C24H15F3N6/c25-24(26,27)15-6-5-7-17(12-15)33-14-16(30-31-33)13-32-21-11-4-1-8-18(21)22-23(32)29-20-10-3-2-9-19(20)28-22/h1-12,14H,13H2. The minimum atomic E-state index is -4.43. The summed E-state index contributed by atoms with van der Waals surface area (Å²) in [5, 5.41) is 9.22. The maximum atomic E-state index is 13.1. The van der Waals surface area contributed by atoms with E-state index in [9.17, 15) is 13.2 Å². The number of para-hydroxylation sites is 3. The quantitative estimate of drug-likeness (QED) is 0.367. The van der Waals surface area contributed by atoms with Gasteiger partial charge >= 0.3 is 6.18 Å². The van der Waals surface area contributed by atoms with Crippen LogP contribution >= 0.6 is 0 Å². The Balaban J connectivity index is 1.45. The van der Waals surface area contributed by atoms with Gasteiger partial charge in [-0.25, -0.2) is 14.6 Å². The zero-order valence-corrected chi connectivity index (χ0v) is 17.0. The molecule has 0 radical (unpaired) electrons. The van der Waals surface area contributed by atoms with Gasteiger partial charge in [-0.15, -0.1) is 5.10 Å². The fraction of sp³-hybridized carbons (Fsp3) is 0.0833. The summed E-state index contributed by atoms with van der Waals surface area (Å²) >= 11 is 0. The highest BCUT2D eigenvalue weighted by Crippen LogP contribution is 2.31. The number of fused-ring (bicyclic) bond motifs is 4. The fourth-order valence-electron chi connectivity index (χ4n) is 4.03. The molecule has 0 fully saturated rings. The summed E-state index contributed by atoms with van der Waals surface area (Å²) in [6.07, 6.45) is -2.80. The van der Waals surface area contributed by atoms with Gasteiger partial charge in [-0.05, 0) is 36.4 Å². The van der Waals surface area contributed by atoms with Crippen molar-refractivity contribution >= 4 is 33.1 Å². The van der Waals surface area contributed by atoms with Crippen molar-refractivity contribution < 1.29 is 13.2 Å². The van der Waals surface area contributed by atoms with E-state index in [-0.39, 0.29) is 5.69 Å². The fourth-order valence-corrected chi connectivity index (χ4v) is 4.03. The Hall–Kier alpha value is -4.27. The van der Waals surface area contributed by atoms with E-state index in [1.54, 1.807) is 12.3 Å². The second-order valence-electron chi connectivity index (χ2n) is 7.69. The molecule has 0 aliphatic rings. The highest BCUT2D eigenvalue weighted by molar-refractivity contribution is 6.06. The first-order valence-electron chi connectivity index (χ1n) is 10.2. The predicted molar refractivity (Wildman–Crippen MR) is 118 cm³/mol. The summed E-state index contributed by atoms with van der Waals surface area (Å²) in [5.41, 5.74) is 4.17. The van der Waals surface area contributed by atoms with Crippen molar-refractivity contribution in [2.45, 2.75) is 12.7 Å². The first-order valence-corrected chi connectivity index (χ1v) is 10.2. The maximum Gasteiger partial charge on any atom is 0.416 e. The van der Waals surface area contributed by atoms with Gasteiger partial charge in [0.05, 0.1) is 40.5 Å². The van der Waals surface area contributed by atoms with Crippen LogP contribution in [0.15, 0.2) is 79.0 Å². The molecule has 33 heavy (non-hydrogen) atoms. The maximum absolute atomic E-state index is 13.1. The van der Waals surface area contributed by atoms with Crippen LogP contribution in [0.1, 0.15) is 11.3 Å². The van der Waals surface area contributed by atoms with Crippen LogP contribution in [0.3, 0.4) is 0 Å². The molecule has 3 heterocycles. The van der Waals surface area contributed by atoms with Crippen LogP contribution in [0.25, 0.3) is 38.8 Å². The number of hydrogen-bond donors (Lipinski definition) is 0. The van der Waals surface area contributed by atoms with Crippen LogP contribution in [0, 0.1) is 0 Å². The molecule has 6 aromatic rings. The number of hydrogen-bond acceptors (Lipinski definition) is 4. The second kappa shape index (κ2) is 7.13. The van der Waals surface area contributed by atoms with Gasteiger partial charge in [-0.1, -0.05) is 41.6 Å². The van der Waals surface area contributed by atoms with Crippen molar-refractivity contribution in [2.75, 3.05) is 0 Å². The molecule has 3 aromatic heterocycles. The monoisotopic (exact) mass is 444 g/mol. The van der Waals surface area contributed by atoms with E-state index >= 15 is 0 Å². The van der Waals surface area contributed by atoms with Crippen LogP contribution in [-0.4, -0.2) is 29.5 Å². The molecule has 6 rings (SSSR count). The Morgan fingerprint density at radius 1 is 0.818 bits per heavy atom. The molecule has 0 aliphatic carbocycles. The van der Waals surface area contributed by atoms with E-state index in [4.69, 9.17) is 9.97 Å². The third-order valence-electron chi connectivity index (χ3n) is 5.56. The van der Waals surface area contributed by atoms with Crippen molar-refractivity contribution in [3.8, 4) is 5.69 Å². The van der Waals surface area contributed by atoms with Crippen molar-refractivity contribution in [1.82, 2.24) is 29.5 Å². The topological polar surface area (TPSA) is 61.4 Å². The third kappa shape index (κ3) is 3.29. The molecule has 3 aromatic carbocycles. The minimum absolute atomic E-state index is 0.289. The van der Waals surface area contributed by atoms with Crippen molar-refractivity contribution in [1.29, 1.82) is 0 Å². The molecule has 0 atom stereocenters.